The number of nitrogens with zero attached hydrogens (tertiary/aromatic N) is 3. The summed E-state index contributed by atoms with van der Waals surface area (Å²) in [5.41, 5.74) is 2.39. The molecule has 8 heteroatoms. The summed E-state index contributed by atoms with van der Waals surface area (Å²) in [5, 5.41) is 4.02. The zero-order chi connectivity index (χ0) is 18.8. The fourth-order valence-corrected chi connectivity index (χ4v) is 3.28. The van der Waals surface area contributed by atoms with E-state index in [1.807, 2.05) is 12.1 Å². The number of fused-ring (bicyclic) bond motifs is 1. The number of halogens is 2. The summed E-state index contributed by atoms with van der Waals surface area (Å²) in [6, 6.07) is 8.33. The van der Waals surface area contributed by atoms with E-state index < -0.39 is 5.82 Å². The molecule has 1 aliphatic rings. The molecule has 0 aliphatic carbocycles. The van der Waals surface area contributed by atoms with Crippen LogP contribution in [0, 0.1) is 5.82 Å². The number of morpholine rings is 1. The predicted octanol–water partition coefficient (Wildman–Crippen LogP) is 4.01. The van der Waals surface area contributed by atoms with E-state index in [0.29, 0.717) is 24.7 Å². The van der Waals surface area contributed by atoms with E-state index in [0.717, 1.165) is 35.4 Å². The van der Waals surface area contributed by atoms with Crippen LogP contribution in [0.1, 0.15) is 0 Å². The zero-order valence-electron chi connectivity index (χ0n) is 14.7. The van der Waals surface area contributed by atoms with Gasteiger partial charge in [-0.25, -0.2) is 14.4 Å². The lowest BCUT2D eigenvalue weighted by Crippen LogP contribution is -2.36. The van der Waals surface area contributed by atoms with Gasteiger partial charge >= 0.3 is 0 Å². The van der Waals surface area contributed by atoms with Gasteiger partial charge in [0, 0.05) is 24.2 Å². The Morgan fingerprint density at radius 2 is 2.00 bits per heavy atom. The number of ether oxygens (including phenoxy) is 2. The number of methoxy groups -OCH3 is 1. The number of benzene rings is 2. The number of hydrogen-bond acceptors (Lipinski definition) is 6. The number of nitrogens with one attached hydrogen (secondary N) is 1. The fourth-order valence-electron chi connectivity index (χ4n) is 3.10. The Hall–Kier alpha value is -2.64. The third-order valence-electron chi connectivity index (χ3n) is 4.47. The molecule has 1 aliphatic heterocycles. The van der Waals surface area contributed by atoms with Crippen LogP contribution in [0.25, 0.3) is 10.9 Å². The lowest BCUT2D eigenvalue weighted by molar-refractivity contribution is 0.122. The first-order valence-electron chi connectivity index (χ1n) is 8.53. The van der Waals surface area contributed by atoms with Crippen molar-refractivity contribution in [3.05, 3.63) is 47.5 Å². The van der Waals surface area contributed by atoms with E-state index >= 15 is 0 Å². The second-order valence-corrected chi connectivity index (χ2v) is 6.52. The van der Waals surface area contributed by atoms with E-state index in [2.05, 4.69) is 20.2 Å². The maximum atomic E-state index is 13.4. The highest BCUT2D eigenvalue weighted by atomic mass is 35.5. The normalized spacial score (nSPS) is 14.4. The summed E-state index contributed by atoms with van der Waals surface area (Å²) in [4.78, 5) is 10.9. The standard InChI is InChI=1S/C19H18ClFN4O2/c1-26-18-9-13-16(10-17(18)25-4-6-27-7-5-25)22-11-23-19(13)24-12-2-3-15(21)14(20)8-12/h2-3,8-11H,4-7H2,1H3,(H,22,23,24). The lowest BCUT2D eigenvalue weighted by Gasteiger charge is -2.30. The van der Waals surface area contributed by atoms with Crippen LogP contribution in [0.15, 0.2) is 36.7 Å². The minimum Gasteiger partial charge on any atom is -0.495 e. The van der Waals surface area contributed by atoms with Crippen LogP contribution in [-0.4, -0.2) is 43.4 Å². The molecule has 0 radical (unpaired) electrons. The largest absolute Gasteiger partial charge is 0.495 e. The highest BCUT2D eigenvalue weighted by molar-refractivity contribution is 6.31. The summed E-state index contributed by atoms with van der Waals surface area (Å²) in [6.07, 6.45) is 1.49. The molecule has 0 atom stereocenters. The average Bonchev–Trinajstić information content (AvgIpc) is 2.70. The van der Waals surface area contributed by atoms with Crippen molar-refractivity contribution in [3.63, 3.8) is 0 Å². The molecule has 2 heterocycles. The van der Waals surface area contributed by atoms with Crippen LogP contribution < -0.4 is 15.0 Å². The van der Waals surface area contributed by atoms with Crippen LogP contribution >= 0.6 is 11.6 Å². The van der Waals surface area contributed by atoms with Gasteiger partial charge in [0.1, 0.15) is 23.7 Å². The summed E-state index contributed by atoms with van der Waals surface area (Å²) in [6.45, 7) is 2.96. The van der Waals surface area contributed by atoms with Crippen molar-refractivity contribution in [2.24, 2.45) is 0 Å². The predicted molar refractivity (Wildman–Crippen MR) is 104 cm³/mol. The van der Waals surface area contributed by atoms with Crippen molar-refractivity contribution in [3.8, 4) is 5.75 Å². The third kappa shape index (κ3) is 3.61. The van der Waals surface area contributed by atoms with Crippen molar-refractivity contribution in [2.45, 2.75) is 0 Å². The minimum absolute atomic E-state index is 0.0468. The molecule has 0 spiro atoms. The molecule has 0 saturated carbocycles. The van der Waals surface area contributed by atoms with Gasteiger partial charge in [-0.3, -0.25) is 0 Å². The van der Waals surface area contributed by atoms with Crippen molar-refractivity contribution in [2.75, 3.05) is 43.6 Å². The van der Waals surface area contributed by atoms with Crippen molar-refractivity contribution < 1.29 is 13.9 Å². The molecule has 140 valence electrons. The Morgan fingerprint density at radius 3 is 2.74 bits per heavy atom. The Labute approximate surface area is 160 Å². The van der Waals surface area contributed by atoms with Crippen LogP contribution in [0.4, 0.5) is 21.6 Å². The Morgan fingerprint density at radius 1 is 1.19 bits per heavy atom. The quantitative estimate of drug-likeness (QED) is 0.728. The number of aromatic nitrogens is 2. The van der Waals surface area contributed by atoms with Gasteiger partial charge in [0.05, 0.1) is 36.6 Å². The second-order valence-electron chi connectivity index (χ2n) is 6.12. The van der Waals surface area contributed by atoms with Crippen molar-refractivity contribution >= 4 is 39.7 Å². The molecule has 0 amide bonds. The average molecular weight is 389 g/mol. The van der Waals surface area contributed by atoms with Gasteiger partial charge in [0.15, 0.2) is 0 Å². The van der Waals surface area contributed by atoms with E-state index in [9.17, 15) is 4.39 Å². The Balaban J connectivity index is 1.74. The van der Waals surface area contributed by atoms with Crippen LogP contribution in [0.3, 0.4) is 0 Å². The highest BCUT2D eigenvalue weighted by Gasteiger charge is 2.18. The van der Waals surface area contributed by atoms with Gasteiger partial charge in [-0.15, -0.1) is 0 Å². The summed E-state index contributed by atoms with van der Waals surface area (Å²) < 4.78 is 24.4. The molecule has 1 N–H and O–H groups in total. The van der Waals surface area contributed by atoms with Crippen LogP contribution in [0.2, 0.25) is 5.02 Å². The van der Waals surface area contributed by atoms with Gasteiger partial charge in [-0.05, 0) is 30.3 Å². The van der Waals surface area contributed by atoms with Gasteiger partial charge in [0.25, 0.3) is 0 Å². The summed E-state index contributed by atoms with van der Waals surface area (Å²) in [5.74, 6) is 0.862. The highest BCUT2D eigenvalue weighted by Crippen LogP contribution is 2.36. The second kappa shape index (κ2) is 7.54. The monoisotopic (exact) mass is 388 g/mol. The molecule has 2 aromatic carbocycles. The number of rotatable bonds is 4. The third-order valence-corrected chi connectivity index (χ3v) is 4.76. The maximum absolute atomic E-state index is 13.4. The molecule has 0 unspecified atom stereocenters. The van der Waals surface area contributed by atoms with E-state index in [1.54, 1.807) is 13.2 Å². The maximum Gasteiger partial charge on any atom is 0.143 e. The molecule has 4 rings (SSSR count). The van der Waals surface area contributed by atoms with Crippen LogP contribution in [0.5, 0.6) is 5.75 Å². The van der Waals surface area contributed by atoms with Crippen molar-refractivity contribution in [1.29, 1.82) is 0 Å². The zero-order valence-corrected chi connectivity index (χ0v) is 15.5. The first-order chi connectivity index (χ1) is 13.2. The number of anilines is 3. The molecule has 1 saturated heterocycles. The van der Waals surface area contributed by atoms with E-state index in [-0.39, 0.29) is 5.02 Å². The fraction of sp³-hybridized carbons (Fsp3) is 0.263. The van der Waals surface area contributed by atoms with Gasteiger partial charge in [-0.2, -0.15) is 0 Å². The van der Waals surface area contributed by atoms with E-state index in [1.165, 1.54) is 18.5 Å². The molecule has 0 bridgehead atoms. The van der Waals surface area contributed by atoms with Gasteiger partial charge in [0.2, 0.25) is 0 Å². The summed E-state index contributed by atoms with van der Waals surface area (Å²) in [7, 11) is 1.64. The first kappa shape index (κ1) is 17.8. The minimum atomic E-state index is -0.466. The molecule has 1 fully saturated rings. The first-order valence-corrected chi connectivity index (χ1v) is 8.91. The number of hydrogen-bond donors (Lipinski definition) is 1. The molecule has 1 aromatic heterocycles. The Kier molecular flexibility index (Phi) is 4.96. The topological polar surface area (TPSA) is 59.5 Å². The molecular formula is C19H18ClFN4O2. The van der Waals surface area contributed by atoms with Gasteiger partial charge < -0.3 is 19.7 Å². The Bertz CT molecular complexity index is 979. The van der Waals surface area contributed by atoms with E-state index in [4.69, 9.17) is 21.1 Å². The molecule has 6 nitrogen and oxygen atoms in total. The lowest BCUT2D eigenvalue weighted by atomic mass is 10.1. The van der Waals surface area contributed by atoms with Crippen molar-refractivity contribution in [1.82, 2.24) is 9.97 Å². The van der Waals surface area contributed by atoms with Gasteiger partial charge in [-0.1, -0.05) is 11.6 Å². The summed E-state index contributed by atoms with van der Waals surface area (Å²) >= 11 is 5.87. The van der Waals surface area contributed by atoms with Crippen LogP contribution in [-0.2, 0) is 4.74 Å². The molecule has 3 aromatic rings. The molecular weight excluding hydrogens is 371 g/mol. The SMILES string of the molecule is COc1cc2c(Nc3ccc(F)c(Cl)c3)ncnc2cc1N1CCOCC1. The smallest absolute Gasteiger partial charge is 0.143 e. The molecule has 27 heavy (non-hydrogen) atoms.